The maximum absolute atomic E-state index is 12.1. The molecule has 0 amide bonds. The molecule has 0 bridgehead atoms. The topological polar surface area (TPSA) is 117 Å². The van der Waals surface area contributed by atoms with Gasteiger partial charge in [-0.1, -0.05) is 6.07 Å². The minimum Gasteiger partial charge on any atom is -0.495 e. The molecule has 5 N–H and O–H groups in total. The van der Waals surface area contributed by atoms with Crippen molar-refractivity contribution >= 4 is 21.7 Å². The van der Waals surface area contributed by atoms with E-state index in [9.17, 15) is 8.42 Å². The van der Waals surface area contributed by atoms with Gasteiger partial charge in [0.1, 0.15) is 17.3 Å². The van der Waals surface area contributed by atoms with E-state index >= 15 is 0 Å². The third-order valence-corrected chi connectivity index (χ3v) is 3.57. The summed E-state index contributed by atoms with van der Waals surface area (Å²) in [5.74, 6) is 0.0364. The highest BCUT2D eigenvalue weighted by atomic mass is 32.2. The average Bonchev–Trinajstić information content (AvgIpc) is 2.24. The second-order valence-electron chi connectivity index (χ2n) is 5.25. The molecule has 0 radical (unpaired) electrons. The molecule has 112 valence electrons. The molecule has 0 aliphatic carbocycles. The lowest BCUT2D eigenvalue weighted by Crippen LogP contribution is -2.43. The van der Waals surface area contributed by atoms with Crippen LogP contribution in [0.1, 0.15) is 26.3 Å². The summed E-state index contributed by atoms with van der Waals surface area (Å²) in [6.45, 7) is 5.17. The zero-order chi connectivity index (χ0) is 15.6. The first-order chi connectivity index (χ1) is 9.06. The Labute approximate surface area is 119 Å². The van der Waals surface area contributed by atoms with Gasteiger partial charge in [0.2, 0.25) is 0 Å². The number of para-hydroxylation sites is 1. The van der Waals surface area contributed by atoms with Gasteiger partial charge in [0, 0.05) is 11.1 Å². The number of hydrogen-bond acceptors (Lipinski definition) is 4. The smallest absolute Gasteiger partial charge is 0.299 e. The lowest BCUT2D eigenvalue weighted by molar-refractivity contribution is 0.416. The van der Waals surface area contributed by atoms with Gasteiger partial charge in [-0.15, -0.1) is 0 Å². The lowest BCUT2D eigenvalue weighted by Gasteiger charge is -2.22. The third-order valence-electron chi connectivity index (χ3n) is 2.21. The summed E-state index contributed by atoms with van der Waals surface area (Å²) in [4.78, 5) is 0. The van der Waals surface area contributed by atoms with Crippen molar-refractivity contribution in [1.29, 1.82) is 5.41 Å². The number of nitrogen functional groups attached to an aromatic ring is 1. The van der Waals surface area contributed by atoms with Crippen molar-refractivity contribution in [2.45, 2.75) is 26.3 Å². The van der Waals surface area contributed by atoms with Crippen LogP contribution in [0.2, 0.25) is 0 Å². The number of benzene rings is 1. The van der Waals surface area contributed by atoms with Crippen LogP contribution in [0.15, 0.2) is 18.2 Å². The number of nitrogens with one attached hydrogen (secondary N) is 3. The number of ether oxygens (including phenoxy) is 1. The summed E-state index contributed by atoms with van der Waals surface area (Å²) < 4.78 is 34.1. The molecule has 1 aromatic rings. The quantitative estimate of drug-likeness (QED) is 0.479. The van der Waals surface area contributed by atoms with Crippen LogP contribution in [0, 0.1) is 5.41 Å². The highest BCUT2D eigenvalue weighted by molar-refractivity contribution is 7.90. The van der Waals surface area contributed by atoms with Crippen LogP contribution in [-0.4, -0.2) is 26.9 Å². The van der Waals surface area contributed by atoms with E-state index in [-0.39, 0.29) is 22.8 Å². The molecule has 1 rings (SSSR count). The second kappa shape index (κ2) is 5.68. The van der Waals surface area contributed by atoms with Crippen LogP contribution in [0.4, 0.5) is 5.69 Å². The molecule has 0 saturated heterocycles. The van der Waals surface area contributed by atoms with Crippen LogP contribution >= 0.6 is 0 Å². The molecule has 0 unspecified atom stereocenters. The molecule has 0 aliphatic rings. The van der Waals surface area contributed by atoms with Crippen LogP contribution in [0.5, 0.6) is 5.75 Å². The summed E-state index contributed by atoms with van der Waals surface area (Å²) in [5, 5.41) is 7.50. The zero-order valence-electron chi connectivity index (χ0n) is 11.9. The number of methoxy groups -OCH3 is 1. The minimum absolute atomic E-state index is 0.138. The fourth-order valence-electron chi connectivity index (χ4n) is 1.59. The Hall–Kier alpha value is -1.80. The van der Waals surface area contributed by atoms with E-state index in [1.165, 1.54) is 7.11 Å². The van der Waals surface area contributed by atoms with E-state index in [1.54, 1.807) is 39.0 Å². The summed E-state index contributed by atoms with van der Waals surface area (Å²) >= 11 is 0. The van der Waals surface area contributed by atoms with E-state index in [2.05, 4.69) is 9.44 Å². The standard InChI is InChI=1S/C12H20N4O3S/c1-12(2,3)16-20(17,18)15-10-8(11(13)14)6-5-7-9(10)19-4/h5-7,15-16H,1-4H3,(H3,13,14). The van der Waals surface area contributed by atoms with E-state index in [4.69, 9.17) is 15.9 Å². The monoisotopic (exact) mass is 300 g/mol. The van der Waals surface area contributed by atoms with Crippen molar-refractivity contribution in [2.75, 3.05) is 11.8 Å². The van der Waals surface area contributed by atoms with E-state index in [1.807, 2.05) is 0 Å². The second-order valence-corrected chi connectivity index (χ2v) is 6.67. The molecule has 0 spiro atoms. The fourth-order valence-corrected chi connectivity index (χ4v) is 2.93. The highest BCUT2D eigenvalue weighted by Gasteiger charge is 2.22. The molecule has 8 heteroatoms. The van der Waals surface area contributed by atoms with Gasteiger partial charge in [-0.3, -0.25) is 10.1 Å². The van der Waals surface area contributed by atoms with Crippen molar-refractivity contribution in [3.8, 4) is 5.75 Å². The molecule has 0 aliphatic heterocycles. The van der Waals surface area contributed by atoms with Crippen molar-refractivity contribution in [2.24, 2.45) is 5.73 Å². The molecule has 0 atom stereocenters. The Morgan fingerprint density at radius 1 is 1.35 bits per heavy atom. The Morgan fingerprint density at radius 2 is 1.95 bits per heavy atom. The number of rotatable bonds is 5. The Balaban J connectivity index is 3.23. The first-order valence-corrected chi connectivity index (χ1v) is 7.37. The van der Waals surface area contributed by atoms with Crippen molar-refractivity contribution in [3.63, 3.8) is 0 Å². The summed E-state index contributed by atoms with van der Waals surface area (Å²) in [7, 11) is -2.40. The number of anilines is 1. The van der Waals surface area contributed by atoms with E-state index in [0.29, 0.717) is 0 Å². The number of amidine groups is 1. The van der Waals surface area contributed by atoms with Gasteiger partial charge in [-0.05, 0) is 32.9 Å². The van der Waals surface area contributed by atoms with Gasteiger partial charge >= 0.3 is 0 Å². The molecule has 0 saturated carbocycles. The molecule has 20 heavy (non-hydrogen) atoms. The Kier molecular flexibility index (Phi) is 4.61. The fraction of sp³-hybridized carbons (Fsp3) is 0.417. The van der Waals surface area contributed by atoms with Gasteiger partial charge in [0.05, 0.1) is 7.11 Å². The predicted molar refractivity (Wildman–Crippen MR) is 79.4 cm³/mol. The van der Waals surface area contributed by atoms with Crippen LogP contribution < -0.4 is 19.9 Å². The zero-order valence-corrected chi connectivity index (χ0v) is 12.8. The summed E-state index contributed by atoms with van der Waals surface area (Å²) in [5.41, 5.74) is 5.21. The predicted octanol–water partition coefficient (Wildman–Crippen LogP) is 1.02. The van der Waals surface area contributed by atoms with Gasteiger partial charge in [-0.25, -0.2) is 0 Å². The maximum Gasteiger partial charge on any atom is 0.299 e. The molecule has 0 fully saturated rings. The van der Waals surface area contributed by atoms with Crippen LogP contribution in [0.3, 0.4) is 0 Å². The molecular weight excluding hydrogens is 280 g/mol. The van der Waals surface area contributed by atoms with Gasteiger partial charge in [0.15, 0.2) is 0 Å². The molecule has 1 aromatic carbocycles. The molecule has 0 heterocycles. The van der Waals surface area contributed by atoms with E-state index < -0.39 is 15.7 Å². The van der Waals surface area contributed by atoms with Crippen molar-refractivity contribution in [3.05, 3.63) is 23.8 Å². The highest BCUT2D eigenvalue weighted by Crippen LogP contribution is 2.29. The third kappa shape index (κ3) is 4.39. The van der Waals surface area contributed by atoms with Crippen molar-refractivity contribution < 1.29 is 13.2 Å². The minimum atomic E-state index is -3.81. The van der Waals surface area contributed by atoms with Gasteiger partial charge in [0.25, 0.3) is 10.2 Å². The number of hydrogen-bond donors (Lipinski definition) is 4. The van der Waals surface area contributed by atoms with Crippen LogP contribution in [-0.2, 0) is 10.2 Å². The first kappa shape index (κ1) is 16.3. The summed E-state index contributed by atoms with van der Waals surface area (Å²) in [6, 6.07) is 4.76. The van der Waals surface area contributed by atoms with Crippen molar-refractivity contribution in [1.82, 2.24) is 4.72 Å². The molecule has 7 nitrogen and oxygen atoms in total. The number of nitrogens with two attached hydrogens (primary N) is 1. The normalized spacial score (nSPS) is 12.0. The lowest BCUT2D eigenvalue weighted by atomic mass is 10.1. The maximum atomic E-state index is 12.1. The van der Waals surface area contributed by atoms with Crippen LogP contribution in [0.25, 0.3) is 0 Å². The Bertz CT molecular complexity index is 606. The van der Waals surface area contributed by atoms with Gasteiger partial charge in [-0.2, -0.15) is 13.1 Å². The molecular formula is C12H20N4O3S. The van der Waals surface area contributed by atoms with E-state index in [0.717, 1.165) is 0 Å². The molecule has 0 aromatic heterocycles. The average molecular weight is 300 g/mol. The SMILES string of the molecule is COc1cccc(C(=N)N)c1NS(=O)(=O)NC(C)(C)C. The first-order valence-electron chi connectivity index (χ1n) is 5.89. The van der Waals surface area contributed by atoms with Gasteiger partial charge < -0.3 is 10.5 Å². The largest absolute Gasteiger partial charge is 0.495 e. The summed E-state index contributed by atoms with van der Waals surface area (Å²) in [6.07, 6.45) is 0. The Morgan fingerprint density at radius 3 is 2.40 bits per heavy atom.